The molecule has 0 heterocycles. The molecule has 1 saturated carbocycles. The lowest BCUT2D eigenvalue weighted by molar-refractivity contribution is -0.150. The lowest BCUT2D eigenvalue weighted by Crippen LogP contribution is -2.46. The zero-order valence-corrected chi connectivity index (χ0v) is 15.7. The number of nitrogens with one attached hydrogen (secondary N) is 3. The molecule has 0 saturated heterocycles. The number of urea groups is 1. The normalized spacial score (nSPS) is 22.0. The zero-order chi connectivity index (χ0) is 20.2. The minimum Gasteiger partial charge on any atom is -0.335 e. The summed E-state index contributed by atoms with van der Waals surface area (Å²) in [5.41, 5.74) is 1.02. The third-order valence-electron chi connectivity index (χ3n) is 4.80. The molecule has 0 aliphatic heterocycles. The van der Waals surface area contributed by atoms with Crippen LogP contribution in [0.1, 0.15) is 46.5 Å². The average Bonchev–Trinajstić information content (AvgIpc) is 2.50. The second-order valence-corrected chi connectivity index (χ2v) is 8.01. The molecule has 1 fully saturated rings. The van der Waals surface area contributed by atoms with Crippen LogP contribution in [-0.4, -0.2) is 24.2 Å². The van der Waals surface area contributed by atoms with Gasteiger partial charge in [-0.1, -0.05) is 20.8 Å². The van der Waals surface area contributed by atoms with Crippen LogP contribution in [0.25, 0.3) is 0 Å². The summed E-state index contributed by atoms with van der Waals surface area (Å²) in [7, 11) is 0. The van der Waals surface area contributed by atoms with Crippen molar-refractivity contribution in [1.29, 1.82) is 0 Å². The van der Waals surface area contributed by atoms with Gasteiger partial charge in [-0.15, -0.1) is 0 Å². The van der Waals surface area contributed by atoms with Crippen molar-refractivity contribution in [2.24, 2.45) is 11.3 Å². The van der Waals surface area contributed by atoms with Gasteiger partial charge in [0.1, 0.15) is 6.42 Å². The quantitative estimate of drug-likeness (QED) is 0.689. The van der Waals surface area contributed by atoms with E-state index >= 15 is 0 Å². The van der Waals surface area contributed by atoms with E-state index in [1.54, 1.807) is 0 Å². The van der Waals surface area contributed by atoms with Gasteiger partial charge in [0.2, 0.25) is 5.91 Å². The Balaban J connectivity index is 1.83. The largest absolute Gasteiger partial charge is 0.397 e. The van der Waals surface area contributed by atoms with Gasteiger partial charge in [-0.3, -0.25) is 4.79 Å². The van der Waals surface area contributed by atoms with E-state index in [0.29, 0.717) is 17.0 Å². The molecule has 1 aromatic rings. The van der Waals surface area contributed by atoms with Crippen LogP contribution in [-0.2, 0) is 4.79 Å². The fourth-order valence-corrected chi connectivity index (χ4v) is 3.52. The predicted octanol–water partition coefficient (Wildman–Crippen LogP) is 4.91. The van der Waals surface area contributed by atoms with E-state index in [2.05, 4.69) is 36.7 Å². The number of carbonyl (C=O) groups is 2. The Morgan fingerprint density at radius 2 is 1.67 bits per heavy atom. The lowest BCUT2D eigenvalue weighted by atomic mass is 9.70. The monoisotopic (exact) mass is 385 g/mol. The van der Waals surface area contributed by atoms with Gasteiger partial charge in [0.05, 0.1) is 0 Å². The molecule has 3 N–H and O–H groups in total. The van der Waals surface area contributed by atoms with E-state index in [1.165, 1.54) is 24.3 Å². The van der Waals surface area contributed by atoms with Crippen molar-refractivity contribution in [3.63, 3.8) is 0 Å². The van der Waals surface area contributed by atoms with Crippen LogP contribution in [0.3, 0.4) is 0 Å². The molecule has 2 unspecified atom stereocenters. The zero-order valence-electron chi connectivity index (χ0n) is 15.7. The summed E-state index contributed by atoms with van der Waals surface area (Å²) >= 11 is 0. The number of amides is 3. The first-order chi connectivity index (χ1) is 12.4. The Morgan fingerprint density at radius 1 is 1.11 bits per heavy atom. The van der Waals surface area contributed by atoms with Gasteiger partial charge in [-0.05, 0) is 54.9 Å². The Hall–Kier alpha value is -2.25. The van der Waals surface area contributed by atoms with Crippen LogP contribution in [0, 0.1) is 11.3 Å². The molecule has 1 aliphatic carbocycles. The summed E-state index contributed by atoms with van der Waals surface area (Å²) in [5, 5.41) is 7.86. The van der Waals surface area contributed by atoms with Crippen LogP contribution >= 0.6 is 0 Å². The maximum absolute atomic E-state index is 12.2. The van der Waals surface area contributed by atoms with Crippen LogP contribution < -0.4 is 16.0 Å². The van der Waals surface area contributed by atoms with Gasteiger partial charge < -0.3 is 16.0 Å². The van der Waals surface area contributed by atoms with Gasteiger partial charge in [-0.2, -0.15) is 13.2 Å². The van der Waals surface area contributed by atoms with Crippen molar-refractivity contribution in [2.75, 3.05) is 10.6 Å². The first-order valence-corrected chi connectivity index (χ1v) is 8.98. The van der Waals surface area contributed by atoms with E-state index in [1.807, 2.05) is 0 Å². The molecule has 8 heteroatoms. The summed E-state index contributed by atoms with van der Waals surface area (Å²) in [6.07, 6.45) is -3.06. The number of hydrogen-bond acceptors (Lipinski definition) is 2. The van der Waals surface area contributed by atoms with Crippen molar-refractivity contribution in [1.82, 2.24) is 5.32 Å². The fraction of sp³-hybridized carbons (Fsp3) is 0.579. The molecular formula is C19H26F3N3O2. The van der Waals surface area contributed by atoms with Gasteiger partial charge in [-0.25, -0.2) is 4.79 Å². The van der Waals surface area contributed by atoms with E-state index in [-0.39, 0.29) is 17.8 Å². The van der Waals surface area contributed by atoms with Gasteiger partial charge in [0.15, 0.2) is 0 Å². The summed E-state index contributed by atoms with van der Waals surface area (Å²) in [6.45, 7) is 6.59. The second-order valence-electron chi connectivity index (χ2n) is 8.01. The van der Waals surface area contributed by atoms with Gasteiger partial charge in [0, 0.05) is 17.4 Å². The summed E-state index contributed by atoms with van der Waals surface area (Å²) in [5.74, 6) is -0.749. The number of benzene rings is 1. The highest BCUT2D eigenvalue weighted by molar-refractivity contribution is 5.92. The fourth-order valence-electron chi connectivity index (χ4n) is 3.52. The maximum atomic E-state index is 12.2. The summed E-state index contributed by atoms with van der Waals surface area (Å²) in [4.78, 5) is 23.5. The van der Waals surface area contributed by atoms with E-state index < -0.39 is 18.5 Å². The summed E-state index contributed by atoms with van der Waals surface area (Å²) in [6, 6.07) is 5.72. The maximum Gasteiger partial charge on any atom is 0.397 e. The number of halogens is 3. The predicted molar refractivity (Wildman–Crippen MR) is 98.5 cm³/mol. The molecule has 0 radical (unpaired) electrons. The standard InChI is InChI=1S/C19H26F3N3O2/c1-12-10-18(2,3)9-8-15(12)25-17(27)24-14-6-4-13(5-7-14)23-16(26)11-19(20,21)22/h4-7,12,15H,8-11H2,1-3H3,(H,23,26)(H2,24,25,27). The highest BCUT2D eigenvalue weighted by Gasteiger charge is 2.33. The molecule has 0 spiro atoms. The number of carbonyl (C=O) groups excluding carboxylic acids is 2. The Bertz CT molecular complexity index is 672. The highest BCUT2D eigenvalue weighted by Crippen LogP contribution is 2.38. The van der Waals surface area contributed by atoms with Crippen molar-refractivity contribution in [3.05, 3.63) is 24.3 Å². The van der Waals surface area contributed by atoms with Crippen LogP contribution in [0.4, 0.5) is 29.3 Å². The van der Waals surface area contributed by atoms with Crippen LogP contribution in [0.2, 0.25) is 0 Å². The Morgan fingerprint density at radius 3 is 2.19 bits per heavy atom. The third kappa shape index (κ3) is 7.11. The average molecular weight is 385 g/mol. The van der Waals surface area contributed by atoms with Crippen LogP contribution in [0.15, 0.2) is 24.3 Å². The second kappa shape index (κ2) is 8.19. The molecule has 27 heavy (non-hydrogen) atoms. The van der Waals surface area contributed by atoms with Crippen molar-refractivity contribution >= 4 is 23.3 Å². The molecule has 1 aromatic carbocycles. The minimum atomic E-state index is -4.55. The molecule has 2 atom stereocenters. The highest BCUT2D eigenvalue weighted by atomic mass is 19.4. The molecule has 1 aliphatic rings. The number of anilines is 2. The first-order valence-electron chi connectivity index (χ1n) is 8.98. The Labute approximate surface area is 157 Å². The molecule has 3 amide bonds. The van der Waals surface area contributed by atoms with Crippen molar-refractivity contribution in [2.45, 2.75) is 58.7 Å². The topological polar surface area (TPSA) is 70.2 Å². The van der Waals surface area contributed by atoms with Gasteiger partial charge >= 0.3 is 12.2 Å². The minimum absolute atomic E-state index is 0.110. The smallest absolute Gasteiger partial charge is 0.335 e. The van der Waals surface area contributed by atoms with Crippen molar-refractivity contribution < 1.29 is 22.8 Å². The number of alkyl halides is 3. The van der Waals surface area contributed by atoms with Gasteiger partial charge in [0.25, 0.3) is 0 Å². The molecule has 2 rings (SSSR count). The van der Waals surface area contributed by atoms with E-state index in [0.717, 1.165) is 19.3 Å². The van der Waals surface area contributed by atoms with E-state index in [4.69, 9.17) is 0 Å². The molecular weight excluding hydrogens is 359 g/mol. The Kier molecular flexibility index (Phi) is 6.38. The molecule has 0 aromatic heterocycles. The molecule has 5 nitrogen and oxygen atoms in total. The number of hydrogen-bond donors (Lipinski definition) is 3. The lowest BCUT2D eigenvalue weighted by Gasteiger charge is -2.39. The molecule has 150 valence electrons. The first kappa shape index (κ1) is 21.1. The molecule has 0 bridgehead atoms. The summed E-state index contributed by atoms with van der Waals surface area (Å²) < 4.78 is 36.5. The van der Waals surface area contributed by atoms with Crippen molar-refractivity contribution in [3.8, 4) is 0 Å². The third-order valence-corrected chi connectivity index (χ3v) is 4.80. The number of rotatable bonds is 4. The van der Waals surface area contributed by atoms with E-state index in [9.17, 15) is 22.8 Å². The SMILES string of the molecule is CC1CC(C)(C)CCC1NC(=O)Nc1ccc(NC(=O)CC(F)(F)F)cc1. The van der Waals surface area contributed by atoms with Crippen LogP contribution in [0.5, 0.6) is 0 Å².